The number of likely N-dealkylation sites (N-methyl/N-ethyl adjacent to an activating group) is 1. The molecule has 1 fully saturated rings. The van der Waals surface area contributed by atoms with Crippen molar-refractivity contribution in [3.05, 3.63) is 28.2 Å². The number of hydrogen-bond donors (Lipinski definition) is 1. The van der Waals surface area contributed by atoms with E-state index >= 15 is 0 Å². The molecule has 1 aliphatic heterocycles. The number of nitrogens with zero attached hydrogens (tertiary/aromatic N) is 2. The van der Waals surface area contributed by atoms with E-state index in [1.165, 1.54) is 11.3 Å². The third-order valence-corrected chi connectivity index (χ3v) is 4.60. The second kappa shape index (κ2) is 6.92. The largest absolute Gasteiger partial charge is 0.366 e. The van der Waals surface area contributed by atoms with Gasteiger partial charge in [-0.15, -0.1) is 0 Å². The molecule has 20 heavy (non-hydrogen) atoms. The first-order chi connectivity index (χ1) is 9.52. The molecule has 2 unspecified atom stereocenters. The minimum Gasteiger partial charge on any atom is -0.366 e. The summed E-state index contributed by atoms with van der Waals surface area (Å²) in [6.07, 6.45) is 0. The highest BCUT2D eigenvalue weighted by molar-refractivity contribution is 9.10. The van der Waals surface area contributed by atoms with Crippen LogP contribution in [0.25, 0.3) is 0 Å². The lowest BCUT2D eigenvalue weighted by molar-refractivity contribution is 0.275. The SMILES string of the molecule is CCNC(C)c1ccc(Br)cc1N1CCN(C)CC1C. The van der Waals surface area contributed by atoms with E-state index < -0.39 is 0 Å². The number of benzene rings is 1. The van der Waals surface area contributed by atoms with Crippen LogP contribution in [0.5, 0.6) is 0 Å². The molecule has 0 bridgehead atoms. The van der Waals surface area contributed by atoms with E-state index in [0.717, 1.165) is 30.7 Å². The van der Waals surface area contributed by atoms with Crippen molar-refractivity contribution in [3.63, 3.8) is 0 Å². The van der Waals surface area contributed by atoms with Gasteiger partial charge < -0.3 is 15.1 Å². The molecule has 1 aromatic rings. The second-order valence-electron chi connectivity index (χ2n) is 5.79. The molecule has 0 spiro atoms. The van der Waals surface area contributed by atoms with Crippen LogP contribution in [0.1, 0.15) is 32.4 Å². The molecule has 1 aliphatic rings. The average Bonchev–Trinajstić information content (AvgIpc) is 2.38. The molecule has 0 radical (unpaired) electrons. The van der Waals surface area contributed by atoms with Gasteiger partial charge in [0.25, 0.3) is 0 Å². The van der Waals surface area contributed by atoms with Crippen LogP contribution in [0.4, 0.5) is 5.69 Å². The summed E-state index contributed by atoms with van der Waals surface area (Å²) in [5, 5.41) is 3.53. The fourth-order valence-corrected chi connectivity index (χ4v) is 3.39. The Hall–Kier alpha value is -0.580. The Morgan fingerprint density at radius 3 is 2.80 bits per heavy atom. The van der Waals surface area contributed by atoms with Crippen LogP contribution in [0.15, 0.2) is 22.7 Å². The van der Waals surface area contributed by atoms with Crippen molar-refractivity contribution in [3.8, 4) is 0 Å². The molecule has 1 N–H and O–H groups in total. The fourth-order valence-electron chi connectivity index (χ4n) is 3.05. The number of nitrogens with one attached hydrogen (secondary N) is 1. The predicted octanol–water partition coefficient (Wildman–Crippen LogP) is 3.26. The zero-order chi connectivity index (χ0) is 14.7. The lowest BCUT2D eigenvalue weighted by atomic mass is 10.0. The van der Waals surface area contributed by atoms with Crippen LogP contribution in [-0.4, -0.2) is 44.2 Å². The molecule has 2 rings (SSSR count). The van der Waals surface area contributed by atoms with E-state index in [1.807, 2.05) is 0 Å². The topological polar surface area (TPSA) is 18.5 Å². The number of rotatable bonds is 4. The van der Waals surface area contributed by atoms with Gasteiger partial charge >= 0.3 is 0 Å². The molecular weight excluding hydrogens is 314 g/mol. The summed E-state index contributed by atoms with van der Waals surface area (Å²) >= 11 is 3.63. The van der Waals surface area contributed by atoms with Gasteiger partial charge in [-0.3, -0.25) is 0 Å². The van der Waals surface area contributed by atoms with Crippen molar-refractivity contribution < 1.29 is 0 Å². The summed E-state index contributed by atoms with van der Waals surface area (Å²) in [7, 11) is 2.21. The molecule has 1 saturated heterocycles. The molecule has 112 valence electrons. The number of piperazine rings is 1. The molecule has 2 atom stereocenters. The smallest absolute Gasteiger partial charge is 0.0429 e. The van der Waals surface area contributed by atoms with E-state index in [2.05, 4.69) is 77.1 Å². The lowest BCUT2D eigenvalue weighted by Crippen LogP contribution is -2.51. The van der Waals surface area contributed by atoms with Crippen LogP contribution < -0.4 is 10.2 Å². The second-order valence-corrected chi connectivity index (χ2v) is 6.70. The van der Waals surface area contributed by atoms with Crippen molar-refractivity contribution in [1.82, 2.24) is 10.2 Å². The van der Waals surface area contributed by atoms with Crippen LogP contribution in [-0.2, 0) is 0 Å². The Morgan fingerprint density at radius 2 is 2.15 bits per heavy atom. The van der Waals surface area contributed by atoms with Crippen LogP contribution in [0.2, 0.25) is 0 Å². The number of halogens is 1. The van der Waals surface area contributed by atoms with E-state index in [1.54, 1.807) is 0 Å². The highest BCUT2D eigenvalue weighted by Crippen LogP contribution is 2.32. The Morgan fingerprint density at radius 1 is 1.40 bits per heavy atom. The predicted molar refractivity (Wildman–Crippen MR) is 90.5 cm³/mol. The molecule has 0 aliphatic carbocycles. The summed E-state index contributed by atoms with van der Waals surface area (Å²) in [6.45, 7) is 11.1. The van der Waals surface area contributed by atoms with Crippen LogP contribution >= 0.6 is 15.9 Å². The minimum atomic E-state index is 0.384. The van der Waals surface area contributed by atoms with Gasteiger partial charge in [-0.25, -0.2) is 0 Å². The molecule has 0 amide bonds. The van der Waals surface area contributed by atoms with E-state index in [4.69, 9.17) is 0 Å². The van der Waals surface area contributed by atoms with Gasteiger partial charge in [0.2, 0.25) is 0 Å². The third-order valence-electron chi connectivity index (χ3n) is 4.11. The lowest BCUT2D eigenvalue weighted by Gasteiger charge is -2.41. The van der Waals surface area contributed by atoms with Gasteiger partial charge in [0, 0.05) is 41.9 Å². The van der Waals surface area contributed by atoms with E-state index in [-0.39, 0.29) is 0 Å². The summed E-state index contributed by atoms with van der Waals surface area (Å²) < 4.78 is 1.16. The quantitative estimate of drug-likeness (QED) is 0.908. The Bertz CT molecular complexity index is 449. The highest BCUT2D eigenvalue weighted by atomic mass is 79.9. The Balaban J connectivity index is 2.31. The van der Waals surface area contributed by atoms with Gasteiger partial charge in [-0.1, -0.05) is 28.9 Å². The van der Waals surface area contributed by atoms with Gasteiger partial charge in [0.05, 0.1) is 0 Å². The maximum Gasteiger partial charge on any atom is 0.0429 e. The van der Waals surface area contributed by atoms with Gasteiger partial charge in [-0.05, 0) is 45.1 Å². The molecule has 1 heterocycles. The first-order valence-corrected chi connectivity index (χ1v) is 8.30. The van der Waals surface area contributed by atoms with Gasteiger partial charge in [0.15, 0.2) is 0 Å². The zero-order valence-electron chi connectivity index (χ0n) is 13.0. The highest BCUT2D eigenvalue weighted by Gasteiger charge is 2.24. The van der Waals surface area contributed by atoms with E-state index in [9.17, 15) is 0 Å². The molecule has 1 aromatic carbocycles. The summed E-state index contributed by atoms with van der Waals surface area (Å²) in [5.74, 6) is 0. The van der Waals surface area contributed by atoms with Gasteiger partial charge in [-0.2, -0.15) is 0 Å². The third kappa shape index (κ3) is 3.54. The minimum absolute atomic E-state index is 0.384. The number of hydrogen-bond acceptors (Lipinski definition) is 3. The monoisotopic (exact) mass is 339 g/mol. The fraction of sp³-hybridized carbons (Fsp3) is 0.625. The maximum atomic E-state index is 3.63. The normalized spacial score (nSPS) is 22.1. The molecule has 3 nitrogen and oxygen atoms in total. The van der Waals surface area contributed by atoms with Crippen LogP contribution in [0.3, 0.4) is 0 Å². The van der Waals surface area contributed by atoms with E-state index in [0.29, 0.717) is 12.1 Å². The van der Waals surface area contributed by atoms with Crippen molar-refractivity contribution in [2.45, 2.75) is 32.9 Å². The Labute approximate surface area is 131 Å². The maximum absolute atomic E-state index is 3.63. The first-order valence-electron chi connectivity index (χ1n) is 7.51. The van der Waals surface area contributed by atoms with Crippen molar-refractivity contribution in [1.29, 1.82) is 0 Å². The molecular formula is C16H26BrN3. The Kier molecular flexibility index (Phi) is 5.47. The molecule has 0 saturated carbocycles. The van der Waals surface area contributed by atoms with Crippen molar-refractivity contribution >= 4 is 21.6 Å². The zero-order valence-corrected chi connectivity index (χ0v) is 14.6. The average molecular weight is 340 g/mol. The van der Waals surface area contributed by atoms with Crippen molar-refractivity contribution in [2.75, 3.05) is 38.1 Å². The standard InChI is InChI=1S/C16H26BrN3/c1-5-18-13(3)15-7-6-14(17)10-16(15)20-9-8-19(4)11-12(20)2/h6-7,10,12-13,18H,5,8-9,11H2,1-4H3. The summed E-state index contributed by atoms with van der Waals surface area (Å²) in [5.41, 5.74) is 2.76. The van der Waals surface area contributed by atoms with Crippen LogP contribution in [0, 0.1) is 0 Å². The summed E-state index contributed by atoms with van der Waals surface area (Å²) in [6, 6.07) is 7.60. The number of anilines is 1. The summed E-state index contributed by atoms with van der Waals surface area (Å²) in [4.78, 5) is 4.96. The van der Waals surface area contributed by atoms with Gasteiger partial charge in [0.1, 0.15) is 0 Å². The van der Waals surface area contributed by atoms with Crippen molar-refractivity contribution in [2.24, 2.45) is 0 Å². The molecule has 0 aromatic heterocycles. The first kappa shape index (κ1) is 15.8. The molecule has 4 heteroatoms.